The molecule has 9 heteroatoms. The summed E-state index contributed by atoms with van der Waals surface area (Å²) in [6.07, 6.45) is 1.07. The minimum atomic E-state index is -3.94. The molecule has 0 radical (unpaired) electrons. The normalized spacial score (nSPS) is 18.9. The van der Waals surface area contributed by atoms with E-state index < -0.39 is 25.9 Å². The summed E-state index contributed by atoms with van der Waals surface area (Å²) in [6.45, 7) is 0.250. The van der Waals surface area contributed by atoms with Crippen molar-refractivity contribution in [2.75, 3.05) is 12.3 Å². The molecule has 0 saturated carbocycles. The van der Waals surface area contributed by atoms with Crippen LogP contribution in [0.4, 0.5) is 0 Å². The van der Waals surface area contributed by atoms with Crippen LogP contribution in [0.1, 0.15) is 12.8 Å². The number of nitrogens with zero attached hydrogens (tertiary/aromatic N) is 1. The average molecular weight is 434 g/mol. The van der Waals surface area contributed by atoms with Crippen molar-refractivity contribution in [2.24, 2.45) is 0 Å². The van der Waals surface area contributed by atoms with Gasteiger partial charge in [0.15, 0.2) is 9.84 Å². The second kappa shape index (κ2) is 7.48. The first-order chi connectivity index (χ1) is 12.2. The van der Waals surface area contributed by atoms with E-state index in [1.807, 2.05) is 0 Å². The van der Waals surface area contributed by atoms with Crippen molar-refractivity contribution in [2.45, 2.75) is 28.7 Å². The van der Waals surface area contributed by atoms with Crippen LogP contribution in [0, 0.1) is 0 Å². The molecule has 26 heavy (non-hydrogen) atoms. The fourth-order valence-corrected chi connectivity index (χ4v) is 7.21. The molecule has 0 aliphatic carbocycles. The monoisotopic (exact) mass is 433 g/mol. The highest BCUT2D eigenvalue weighted by molar-refractivity contribution is 7.91. The van der Waals surface area contributed by atoms with Crippen LogP contribution in [0.25, 0.3) is 0 Å². The maximum atomic E-state index is 13.0. The molecular weight excluding hydrogens is 417 g/mol. The average Bonchev–Trinajstić information content (AvgIpc) is 3.06. The summed E-state index contributed by atoms with van der Waals surface area (Å²) in [6, 6.07) is 11.6. The number of sulfone groups is 1. The third-order valence-corrected chi connectivity index (χ3v) is 8.80. The molecule has 1 fully saturated rings. The van der Waals surface area contributed by atoms with E-state index in [0.717, 1.165) is 0 Å². The van der Waals surface area contributed by atoms with Crippen LogP contribution in [-0.4, -0.2) is 39.5 Å². The molecule has 140 valence electrons. The minimum Gasteiger partial charge on any atom is -0.224 e. The summed E-state index contributed by atoms with van der Waals surface area (Å²) < 4.78 is 52.6. The minimum absolute atomic E-state index is 0.0611. The van der Waals surface area contributed by atoms with Gasteiger partial charge in [-0.05, 0) is 43.2 Å². The third-order valence-electron chi connectivity index (χ3n) is 4.32. The first kappa shape index (κ1) is 19.6. The molecule has 1 atom stereocenters. The Morgan fingerprint density at radius 1 is 1.00 bits per heavy atom. The quantitative estimate of drug-likeness (QED) is 0.721. The van der Waals surface area contributed by atoms with Crippen LogP contribution in [0.2, 0.25) is 10.0 Å². The van der Waals surface area contributed by atoms with Crippen molar-refractivity contribution in [3.05, 3.63) is 58.6 Å². The number of sulfonamides is 1. The Labute approximate surface area is 163 Å². The number of hydrogen-bond acceptors (Lipinski definition) is 4. The molecule has 2 aromatic rings. The smallest absolute Gasteiger partial charge is 0.224 e. The lowest BCUT2D eigenvalue weighted by molar-refractivity contribution is 0.408. The van der Waals surface area contributed by atoms with Gasteiger partial charge in [0.25, 0.3) is 0 Å². The Bertz CT molecular complexity index is 1010. The number of benzene rings is 2. The van der Waals surface area contributed by atoms with E-state index in [0.29, 0.717) is 12.8 Å². The summed E-state index contributed by atoms with van der Waals surface area (Å²) in [5.74, 6) is -0.269. The molecule has 2 aromatic carbocycles. The van der Waals surface area contributed by atoms with E-state index in [-0.39, 0.29) is 32.1 Å². The second-order valence-corrected chi connectivity index (χ2v) is 10.8. The first-order valence-electron chi connectivity index (χ1n) is 7.96. The van der Waals surface area contributed by atoms with Gasteiger partial charge in [-0.25, -0.2) is 16.8 Å². The fraction of sp³-hybridized carbons (Fsp3) is 0.294. The molecule has 1 saturated heterocycles. The molecule has 3 rings (SSSR count). The van der Waals surface area contributed by atoms with Crippen LogP contribution in [0.15, 0.2) is 58.3 Å². The van der Waals surface area contributed by atoms with Crippen LogP contribution in [0.3, 0.4) is 0 Å². The number of halogens is 2. The van der Waals surface area contributed by atoms with Gasteiger partial charge in [-0.3, -0.25) is 0 Å². The van der Waals surface area contributed by atoms with Gasteiger partial charge < -0.3 is 0 Å². The summed E-state index contributed by atoms with van der Waals surface area (Å²) in [5.41, 5.74) is 0. The Morgan fingerprint density at radius 2 is 1.69 bits per heavy atom. The predicted octanol–water partition coefficient (Wildman–Crippen LogP) is 3.62. The Hall–Kier alpha value is -1.12. The highest BCUT2D eigenvalue weighted by Crippen LogP contribution is 2.33. The largest absolute Gasteiger partial charge is 0.244 e. The van der Waals surface area contributed by atoms with E-state index >= 15 is 0 Å². The summed E-state index contributed by atoms with van der Waals surface area (Å²) in [4.78, 5) is 0.0840. The van der Waals surface area contributed by atoms with E-state index in [1.54, 1.807) is 18.2 Å². The highest BCUT2D eigenvalue weighted by Gasteiger charge is 2.39. The zero-order valence-corrected chi connectivity index (χ0v) is 16.8. The molecule has 0 aromatic heterocycles. The zero-order chi connectivity index (χ0) is 18.9. The van der Waals surface area contributed by atoms with Gasteiger partial charge in [0.2, 0.25) is 10.0 Å². The van der Waals surface area contributed by atoms with Crippen molar-refractivity contribution < 1.29 is 16.8 Å². The maximum absolute atomic E-state index is 13.0. The van der Waals surface area contributed by atoms with Gasteiger partial charge in [0.05, 0.1) is 15.7 Å². The lowest BCUT2D eigenvalue weighted by Crippen LogP contribution is -2.39. The Balaban J connectivity index is 1.92. The Morgan fingerprint density at radius 3 is 2.38 bits per heavy atom. The van der Waals surface area contributed by atoms with Gasteiger partial charge in [0, 0.05) is 17.6 Å². The predicted molar refractivity (Wildman–Crippen MR) is 102 cm³/mol. The molecule has 0 bridgehead atoms. The van der Waals surface area contributed by atoms with Gasteiger partial charge >= 0.3 is 0 Å². The van der Waals surface area contributed by atoms with Crippen molar-refractivity contribution in [1.29, 1.82) is 0 Å². The SMILES string of the molecule is O=S(=O)(CC1CCCN1S(=O)(=O)c1cc(Cl)ccc1Cl)c1ccccc1. The second-order valence-electron chi connectivity index (χ2n) is 6.08. The molecule has 1 unspecified atom stereocenters. The molecule has 5 nitrogen and oxygen atoms in total. The summed E-state index contributed by atoms with van der Waals surface area (Å²) in [7, 11) is -7.55. The van der Waals surface area contributed by atoms with Crippen LogP contribution >= 0.6 is 23.2 Å². The summed E-state index contributed by atoms with van der Waals surface area (Å²) >= 11 is 12.0. The van der Waals surface area contributed by atoms with Crippen LogP contribution in [0.5, 0.6) is 0 Å². The molecule has 1 aliphatic heterocycles. The molecular formula is C17H17Cl2NO4S2. The number of rotatable bonds is 5. The Kier molecular flexibility index (Phi) is 5.65. The fourth-order valence-electron chi connectivity index (χ4n) is 3.07. The molecule has 0 spiro atoms. The topological polar surface area (TPSA) is 71.5 Å². The molecule has 1 aliphatic rings. The highest BCUT2D eigenvalue weighted by atomic mass is 35.5. The van der Waals surface area contributed by atoms with Gasteiger partial charge in [0.1, 0.15) is 4.90 Å². The molecule has 0 amide bonds. The van der Waals surface area contributed by atoms with Crippen molar-refractivity contribution >= 4 is 43.1 Å². The van der Waals surface area contributed by atoms with E-state index in [2.05, 4.69) is 0 Å². The number of hydrogen-bond donors (Lipinski definition) is 0. The lowest BCUT2D eigenvalue weighted by atomic mass is 10.3. The van der Waals surface area contributed by atoms with Crippen molar-refractivity contribution in [1.82, 2.24) is 4.31 Å². The first-order valence-corrected chi connectivity index (χ1v) is 11.8. The molecule has 0 N–H and O–H groups in total. The van der Waals surface area contributed by atoms with Gasteiger partial charge in [-0.2, -0.15) is 4.31 Å². The maximum Gasteiger partial charge on any atom is 0.244 e. The van der Waals surface area contributed by atoms with Crippen LogP contribution < -0.4 is 0 Å². The van der Waals surface area contributed by atoms with Gasteiger partial charge in [-0.1, -0.05) is 41.4 Å². The van der Waals surface area contributed by atoms with E-state index in [1.165, 1.54) is 34.6 Å². The third kappa shape index (κ3) is 3.92. The standard InChI is InChI=1S/C17H17Cl2NO4S2/c18-13-8-9-16(19)17(11-13)26(23,24)20-10-4-5-14(20)12-25(21,22)15-6-2-1-3-7-15/h1-3,6-9,11,14H,4-5,10,12H2. The summed E-state index contributed by atoms with van der Waals surface area (Å²) in [5, 5.41) is 0.312. The van der Waals surface area contributed by atoms with E-state index in [9.17, 15) is 16.8 Å². The molecule has 1 heterocycles. The van der Waals surface area contributed by atoms with Crippen molar-refractivity contribution in [3.63, 3.8) is 0 Å². The van der Waals surface area contributed by atoms with Gasteiger partial charge in [-0.15, -0.1) is 0 Å². The zero-order valence-electron chi connectivity index (χ0n) is 13.7. The van der Waals surface area contributed by atoms with Crippen molar-refractivity contribution in [3.8, 4) is 0 Å². The lowest BCUT2D eigenvalue weighted by Gasteiger charge is -2.24. The van der Waals surface area contributed by atoms with E-state index in [4.69, 9.17) is 23.2 Å². The van der Waals surface area contributed by atoms with Crippen LogP contribution in [-0.2, 0) is 19.9 Å².